The molecular formula is C22H17N5O. The largest absolute Gasteiger partial charge is 0.411 e. The number of fused-ring (bicyclic) bond motifs is 2. The summed E-state index contributed by atoms with van der Waals surface area (Å²) in [4.78, 5) is 8.76. The van der Waals surface area contributed by atoms with Crippen molar-refractivity contribution in [2.75, 3.05) is 0 Å². The van der Waals surface area contributed by atoms with Crippen molar-refractivity contribution in [2.24, 2.45) is 5.16 Å². The molecule has 3 N–H and O–H groups in total. The Hall–Kier alpha value is -3.93. The molecule has 0 fully saturated rings. The van der Waals surface area contributed by atoms with Gasteiger partial charge in [-0.3, -0.25) is 10.1 Å². The van der Waals surface area contributed by atoms with E-state index in [0.717, 1.165) is 38.6 Å². The molecule has 6 heteroatoms. The molecule has 3 heterocycles. The lowest BCUT2D eigenvalue weighted by molar-refractivity contribution is 0.318. The van der Waals surface area contributed by atoms with Crippen LogP contribution in [0.5, 0.6) is 0 Å². The van der Waals surface area contributed by atoms with E-state index in [2.05, 4.69) is 31.4 Å². The third-order valence-corrected chi connectivity index (χ3v) is 4.89. The number of nitrogens with one attached hydrogen (secondary N) is 2. The van der Waals surface area contributed by atoms with Crippen molar-refractivity contribution in [2.45, 2.75) is 6.42 Å². The van der Waals surface area contributed by atoms with E-state index in [1.165, 1.54) is 0 Å². The van der Waals surface area contributed by atoms with E-state index in [4.69, 9.17) is 0 Å². The summed E-state index contributed by atoms with van der Waals surface area (Å²) in [6.45, 7) is 0. The van der Waals surface area contributed by atoms with E-state index in [0.29, 0.717) is 17.8 Å². The summed E-state index contributed by atoms with van der Waals surface area (Å²) in [5.74, 6) is 0. The number of oxime groups is 1. The fourth-order valence-corrected chi connectivity index (χ4v) is 3.49. The van der Waals surface area contributed by atoms with Gasteiger partial charge in [0, 0.05) is 35.2 Å². The van der Waals surface area contributed by atoms with E-state index in [1.807, 2.05) is 54.6 Å². The van der Waals surface area contributed by atoms with Crippen molar-refractivity contribution in [3.8, 4) is 11.3 Å². The molecule has 0 amide bonds. The zero-order chi connectivity index (χ0) is 18.9. The van der Waals surface area contributed by atoms with Crippen LogP contribution in [0.2, 0.25) is 0 Å². The first kappa shape index (κ1) is 16.3. The second-order valence-corrected chi connectivity index (χ2v) is 6.67. The van der Waals surface area contributed by atoms with Gasteiger partial charge in [0.2, 0.25) is 0 Å². The Morgan fingerprint density at radius 2 is 1.79 bits per heavy atom. The third-order valence-electron chi connectivity index (χ3n) is 4.89. The number of rotatable bonds is 4. The van der Waals surface area contributed by atoms with Crippen LogP contribution < -0.4 is 0 Å². The predicted molar refractivity (Wildman–Crippen MR) is 110 cm³/mol. The highest BCUT2D eigenvalue weighted by Crippen LogP contribution is 2.30. The molecule has 0 spiro atoms. The molecule has 0 aliphatic carbocycles. The number of pyridine rings is 1. The summed E-state index contributed by atoms with van der Waals surface area (Å²) < 4.78 is 0. The van der Waals surface area contributed by atoms with Crippen molar-refractivity contribution in [1.29, 1.82) is 0 Å². The average molecular weight is 367 g/mol. The van der Waals surface area contributed by atoms with Gasteiger partial charge in [-0.05, 0) is 35.9 Å². The Morgan fingerprint density at radius 3 is 2.57 bits per heavy atom. The Labute approximate surface area is 160 Å². The molecule has 0 unspecified atom stereocenters. The summed E-state index contributed by atoms with van der Waals surface area (Å²) in [7, 11) is 0. The number of nitrogens with zero attached hydrogens (tertiary/aromatic N) is 3. The summed E-state index contributed by atoms with van der Waals surface area (Å²) in [6, 6.07) is 19.9. The number of hydrogen-bond acceptors (Lipinski definition) is 4. The van der Waals surface area contributed by atoms with Crippen LogP contribution >= 0.6 is 0 Å². The first-order chi connectivity index (χ1) is 13.8. The topological polar surface area (TPSA) is 90.0 Å². The lowest BCUT2D eigenvalue weighted by Gasteiger charge is -2.01. The number of aromatic nitrogens is 4. The molecule has 0 saturated heterocycles. The molecule has 0 aliphatic heterocycles. The van der Waals surface area contributed by atoms with Gasteiger partial charge in [0.05, 0.1) is 22.4 Å². The fraction of sp³-hybridized carbons (Fsp3) is 0.0455. The van der Waals surface area contributed by atoms with Crippen LogP contribution in [-0.2, 0) is 6.42 Å². The smallest absolute Gasteiger partial charge is 0.109 e. The Kier molecular flexibility index (Phi) is 3.87. The van der Waals surface area contributed by atoms with Gasteiger partial charge in [0.15, 0.2) is 0 Å². The van der Waals surface area contributed by atoms with Crippen molar-refractivity contribution in [3.63, 3.8) is 0 Å². The SMILES string of the molecule is O/N=C(/Cc1ccccc1)c1cc2cc3c(-c4ccncc4)[nH][nH]c3cc2n1. The monoisotopic (exact) mass is 367 g/mol. The molecule has 5 aromatic rings. The van der Waals surface area contributed by atoms with Crippen LogP contribution in [0, 0.1) is 0 Å². The number of H-pyrrole nitrogens is 2. The highest BCUT2D eigenvalue weighted by molar-refractivity contribution is 6.07. The summed E-state index contributed by atoms with van der Waals surface area (Å²) in [5, 5.41) is 21.6. The number of benzene rings is 2. The maximum absolute atomic E-state index is 9.54. The van der Waals surface area contributed by atoms with Crippen molar-refractivity contribution >= 4 is 27.5 Å². The molecule has 3 aromatic heterocycles. The summed E-state index contributed by atoms with van der Waals surface area (Å²) in [5.41, 5.74) is 6.19. The van der Waals surface area contributed by atoms with Gasteiger partial charge < -0.3 is 10.3 Å². The van der Waals surface area contributed by atoms with Crippen LogP contribution in [0.4, 0.5) is 0 Å². The van der Waals surface area contributed by atoms with E-state index in [-0.39, 0.29) is 0 Å². The van der Waals surface area contributed by atoms with Crippen LogP contribution in [-0.4, -0.2) is 31.1 Å². The second kappa shape index (κ2) is 6.66. The summed E-state index contributed by atoms with van der Waals surface area (Å²) in [6.07, 6.45) is 4.07. The quantitative estimate of drug-likeness (QED) is 0.248. The molecule has 6 nitrogen and oxygen atoms in total. The number of hydrogen-bond donors (Lipinski definition) is 3. The van der Waals surface area contributed by atoms with E-state index < -0.39 is 0 Å². The van der Waals surface area contributed by atoms with Gasteiger partial charge in [-0.25, -0.2) is 4.98 Å². The van der Waals surface area contributed by atoms with Gasteiger partial charge in [-0.1, -0.05) is 35.5 Å². The van der Waals surface area contributed by atoms with E-state index in [1.54, 1.807) is 12.4 Å². The van der Waals surface area contributed by atoms with Crippen molar-refractivity contribution < 1.29 is 5.21 Å². The van der Waals surface area contributed by atoms with E-state index in [9.17, 15) is 5.21 Å². The molecule has 5 rings (SSSR count). The predicted octanol–water partition coefficient (Wildman–Crippen LogP) is 4.53. The molecular weight excluding hydrogens is 350 g/mol. The Balaban J connectivity index is 1.57. The maximum Gasteiger partial charge on any atom is 0.109 e. The molecule has 136 valence electrons. The highest BCUT2D eigenvalue weighted by atomic mass is 16.4. The molecule has 0 radical (unpaired) electrons. The minimum Gasteiger partial charge on any atom is -0.411 e. The Bertz CT molecular complexity index is 1290. The van der Waals surface area contributed by atoms with Crippen molar-refractivity contribution in [1.82, 2.24) is 20.2 Å². The minimum absolute atomic E-state index is 0.522. The first-order valence-electron chi connectivity index (χ1n) is 8.98. The van der Waals surface area contributed by atoms with Crippen molar-refractivity contribution in [3.05, 3.63) is 84.3 Å². The Morgan fingerprint density at radius 1 is 0.964 bits per heavy atom. The van der Waals surface area contributed by atoms with E-state index >= 15 is 0 Å². The lowest BCUT2D eigenvalue weighted by Crippen LogP contribution is -2.05. The first-order valence-corrected chi connectivity index (χ1v) is 8.98. The zero-order valence-electron chi connectivity index (χ0n) is 14.9. The molecule has 28 heavy (non-hydrogen) atoms. The van der Waals surface area contributed by atoms with Crippen LogP contribution in [0.3, 0.4) is 0 Å². The fourth-order valence-electron chi connectivity index (χ4n) is 3.49. The second-order valence-electron chi connectivity index (χ2n) is 6.67. The highest BCUT2D eigenvalue weighted by Gasteiger charge is 2.14. The zero-order valence-corrected chi connectivity index (χ0v) is 14.9. The third kappa shape index (κ3) is 2.81. The van der Waals surface area contributed by atoms with Gasteiger partial charge >= 0.3 is 0 Å². The number of aromatic amines is 2. The van der Waals surface area contributed by atoms with Gasteiger partial charge in [-0.2, -0.15) is 0 Å². The minimum atomic E-state index is 0.522. The molecule has 0 saturated carbocycles. The van der Waals surface area contributed by atoms with Crippen LogP contribution in [0.1, 0.15) is 11.3 Å². The average Bonchev–Trinajstić information content (AvgIpc) is 3.35. The molecule has 2 aromatic carbocycles. The van der Waals surface area contributed by atoms with Crippen LogP contribution in [0.15, 0.2) is 78.2 Å². The van der Waals surface area contributed by atoms with Gasteiger partial charge in [0.1, 0.15) is 5.71 Å². The standard InChI is InChI=1S/C22H17N5O/c28-27-21(10-14-4-2-1-3-5-14)20-12-16-11-17-19(13-18(16)24-20)25-26-22(17)15-6-8-23-9-7-15/h1-9,11-13,25-26,28H,10H2/b27-21-. The lowest BCUT2D eigenvalue weighted by atomic mass is 10.1. The summed E-state index contributed by atoms with van der Waals surface area (Å²) >= 11 is 0. The van der Waals surface area contributed by atoms with Gasteiger partial charge in [-0.15, -0.1) is 0 Å². The molecule has 0 aliphatic rings. The molecule has 0 bridgehead atoms. The van der Waals surface area contributed by atoms with Gasteiger partial charge in [0.25, 0.3) is 0 Å². The molecule has 0 atom stereocenters. The maximum atomic E-state index is 9.54. The normalized spacial score (nSPS) is 12.1. The van der Waals surface area contributed by atoms with Crippen LogP contribution in [0.25, 0.3) is 33.1 Å².